The van der Waals surface area contributed by atoms with Crippen molar-refractivity contribution in [1.82, 2.24) is 4.31 Å². The van der Waals surface area contributed by atoms with E-state index in [1.165, 1.54) is 4.31 Å². The maximum absolute atomic E-state index is 13.7. The highest BCUT2D eigenvalue weighted by Crippen LogP contribution is 2.34. The number of sulfonamides is 1. The molecule has 1 aliphatic heterocycles. The fraction of sp³-hybridized carbons (Fsp3) is 0.684. The SMILES string of the molecule is Cc1c(C)c(C)c(S(=O)(=O)N(CC(C)C)[C@@H]2CCS(=O)(=O)C2)c(C)c1C. The molecule has 1 heterocycles. The lowest BCUT2D eigenvalue weighted by atomic mass is 9.95. The molecular weight excluding hydrogens is 370 g/mol. The Hall–Kier alpha value is -0.920. The molecule has 26 heavy (non-hydrogen) atoms. The molecular formula is C19H31NO4S2. The molecule has 1 fully saturated rings. The van der Waals surface area contributed by atoms with Gasteiger partial charge in [0.15, 0.2) is 9.84 Å². The van der Waals surface area contributed by atoms with Crippen molar-refractivity contribution in [2.45, 2.75) is 65.8 Å². The van der Waals surface area contributed by atoms with E-state index in [1.54, 1.807) is 0 Å². The lowest BCUT2D eigenvalue weighted by Gasteiger charge is -2.31. The molecule has 0 bridgehead atoms. The third kappa shape index (κ3) is 3.85. The van der Waals surface area contributed by atoms with Crippen molar-refractivity contribution < 1.29 is 16.8 Å². The summed E-state index contributed by atoms with van der Waals surface area (Å²) in [5, 5.41) is 0. The Kier molecular flexibility index (Phi) is 5.96. The van der Waals surface area contributed by atoms with E-state index in [-0.39, 0.29) is 17.4 Å². The van der Waals surface area contributed by atoms with Crippen LogP contribution in [0.3, 0.4) is 0 Å². The summed E-state index contributed by atoms with van der Waals surface area (Å²) in [7, 11) is -6.95. The maximum atomic E-state index is 13.7. The van der Waals surface area contributed by atoms with E-state index >= 15 is 0 Å². The van der Waals surface area contributed by atoms with Crippen molar-refractivity contribution in [3.63, 3.8) is 0 Å². The van der Waals surface area contributed by atoms with E-state index < -0.39 is 25.9 Å². The highest BCUT2D eigenvalue weighted by molar-refractivity contribution is 7.92. The number of benzene rings is 1. The van der Waals surface area contributed by atoms with Crippen LogP contribution in [-0.2, 0) is 19.9 Å². The predicted molar refractivity (Wildman–Crippen MR) is 106 cm³/mol. The molecule has 1 atom stereocenters. The summed E-state index contributed by atoms with van der Waals surface area (Å²) in [4.78, 5) is 0.350. The van der Waals surface area contributed by atoms with Crippen LogP contribution in [0, 0.1) is 40.5 Å². The molecule has 5 nitrogen and oxygen atoms in total. The topological polar surface area (TPSA) is 71.5 Å². The summed E-state index contributed by atoms with van der Waals surface area (Å²) in [6.07, 6.45) is 0.371. The molecule has 1 aliphatic rings. The molecule has 0 aromatic heterocycles. The molecule has 0 N–H and O–H groups in total. The molecule has 2 rings (SSSR count). The lowest BCUT2D eigenvalue weighted by Crippen LogP contribution is -2.43. The summed E-state index contributed by atoms with van der Waals surface area (Å²) in [5.41, 5.74) is 4.60. The van der Waals surface area contributed by atoms with E-state index in [4.69, 9.17) is 0 Å². The Morgan fingerprint density at radius 2 is 1.42 bits per heavy atom. The minimum absolute atomic E-state index is 0.0612. The van der Waals surface area contributed by atoms with Crippen LogP contribution < -0.4 is 0 Å². The molecule has 148 valence electrons. The summed E-state index contributed by atoms with van der Waals surface area (Å²) in [6, 6.07) is -0.479. The van der Waals surface area contributed by atoms with Gasteiger partial charge in [0.2, 0.25) is 10.0 Å². The first-order chi connectivity index (χ1) is 11.8. The summed E-state index contributed by atoms with van der Waals surface area (Å²) in [6.45, 7) is 13.8. The highest BCUT2D eigenvalue weighted by Gasteiger charge is 2.40. The number of hydrogen-bond donors (Lipinski definition) is 0. The molecule has 7 heteroatoms. The second kappa shape index (κ2) is 7.24. The molecule has 1 aromatic rings. The Morgan fingerprint density at radius 3 is 1.81 bits per heavy atom. The van der Waals surface area contributed by atoms with E-state index in [9.17, 15) is 16.8 Å². The first-order valence-electron chi connectivity index (χ1n) is 9.08. The van der Waals surface area contributed by atoms with Gasteiger partial charge in [0.05, 0.1) is 16.4 Å². The lowest BCUT2D eigenvalue weighted by molar-refractivity contribution is 0.307. The fourth-order valence-electron chi connectivity index (χ4n) is 3.78. The monoisotopic (exact) mass is 401 g/mol. The zero-order chi connectivity index (χ0) is 20.0. The molecule has 0 spiro atoms. The average molecular weight is 402 g/mol. The van der Waals surface area contributed by atoms with E-state index in [1.807, 2.05) is 48.5 Å². The van der Waals surface area contributed by atoms with Crippen molar-refractivity contribution >= 4 is 19.9 Å². The first-order valence-corrected chi connectivity index (χ1v) is 12.3. The van der Waals surface area contributed by atoms with Gasteiger partial charge in [0, 0.05) is 12.6 Å². The maximum Gasteiger partial charge on any atom is 0.243 e. The van der Waals surface area contributed by atoms with Crippen molar-refractivity contribution in [2.75, 3.05) is 18.1 Å². The van der Waals surface area contributed by atoms with E-state index in [0.29, 0.717) is 17.9 Å². The van der Waals surface area contributed by atoms with Crippen LogP contribution in [0.4, 0.5) is 0 Å². The van der Waals surface area contributed by atoms with Crippen LogP contribution >= 0.6 is 0 Å². The Bertz CT molecular complexity index is 886. The minimum Gasteiger partial charge on any atom is -0.229 e. The summed E-state index contributed by atoms with van der Waals surface area (Å²) < 4.78 is 52.7. The number of rotatable bonds is 5. The highest BCUT2D eigenvalue weighted by atomic mass is 32.2. The Labute approximate surface area is 158 Å². The average Bonchev–Trinajstić information content (AvgIpc) is 2.88. The molecule has 0 aliphatic carbocycles. The van der Waals surface area contributed by atoms with E-state index in [2.05, 4.69) is 0 Å². The number of nitrogens with zero attached hydrogens (tertiary/aromatic N) is 1. The minimum atomic E-state index is -3.78. The van der Waals surface area contributed by atoms with Crippen LogP contribution in [0.1, 0.15) is 48.1 Å². The third-order valence-electron chi connectivity index (χ3n) is 5.66. The van der Waals surface area contributed by atoms with Gasteiger partial charge in [-0.05, 0) is 74.8 Å². The first kappa shape index (κ1) is 21.4. The van der Waals surface area contributed by atoms with Crippen molar-refractivity contribution in [3.8, 4) is 0 Å². The smallest absolute Gasteiger partial charge is 0.229 e. The number of hydrogen-bond acceptors (Lipinski definition) is 4. The van der Waals surface area contributed by atoms with Crippen LogP contribution in [0.15, 0.2) is 4.90 Å². The van der Waals surface area contributed by atoms with Crippen LogP contribution in [-0.4, -0.2) is 45.2 Å². The van der Waals surface area contributed by atoms with Crippen molar-refractivity contribution in [1.29, 1.82) is 0 Å². The Morgan fingerprint density at radius 1 is 0.962 bits per heavy atom. The van der Waals surface area contributed by atoms with Gasteiger partial charge in [-0.15, -0.1) is 0 Å². The Balaban J connectivity index is 2.66. The van der Waals surface area contributed by atoms with Gasteiger partial charge < -0.3 is 0 Å². The summed E-state index contributed by atoms with van der Waals surface area (Å²) in [5.74, 6) is 0.0911. The van der Waals surface area contributed by atoms with E-state index in [0.717, 1.165) is 27.8 Å². The normalized spacial score (nSPS) is 20.3. The van der Waals surface area contributed by atoms with Gasteiger partial charge in [-0.25, -0.2) is 16.8 Å². The zero-order valence-electron chi connectivity index (χ0n) is 16.9. The van der Waals surface area contributed by atoms with Gasteiger partial charge in [-0.3, -0.25) is 0 Å². The number of sulfone groups is 1. The third-order valence-corrected chi connectivity index (χ3v) is 9.60. The zero-order valence-corrected chi connectivity index (χ0v) is 18.5. The van der Waals surface area contributed by atoms with Crippen LogP contribution in [0.25, 0.3) is 0 Å². The van der Waals surface area contributed by atoms with Gasteiger partial charge in [-0.2, -0.15) is 4.31 Å². The largest absolute Gasteiger partial charge is 0.243 e. The molecule has 1 aromatic carbocycles. The van der Waals surface area contributed by atoms with Gasteiger partial charge in [0.25, 0.3) is 0 Å². The molecule has 0 amide bonds. The van der Waals surface area contributed by atoms with Gasteiger partial charge >= 0.3 is 0 Å². The molecule has 0 radical (unpaired) electrons. The second-order valence-corrected chi connectivity index (χ2v) is 12.0. The second-order valence-electron chi connectivity index (χ2n) is 7.98. The van der Waals surface area contributed by atoms with Gasteiger partial charge in [0.1, 0.15) is 0 Å². The molecule has 1 saturated heterocycles. The molecule has 0 unspecified atom stereocenters. The fourth-order valence-corrected chi connectivity index (χ4v) is 7.98. The van der Waals surface area contributed by atoms with Gasteiger partial charge in [-0.1, -0.05) is 13.8 Å². The molecule has 0 saturated carbocycles. The summed E-state index contributed by atoms with van der Waals surface area (Å²) >= 11 is 0. The van der Waals surface area contributed by atoms with Crippen molar-refractivity contribution in [3.05, 3.63) is 27.8 Å². The predicted octanol–water partition coefficient (Wildman–Crippen LogP) is 3.06. The van der Waals surface area contributed by atoms with Crippen LogP contribution in [0.5, 0.6) is 0 Å². The quantitative estimate of drug-likeness (QED) is 0.760. The van der Waals surface area contributed by atoms with Crippen LogP contribution in [0.2, 0.25) is 0 Å². The standard InChI is InChI=1S/C19H31NO4S2/c1-12(2)10-20(18-8-9-25(21,22)11-18)26(23,24)19-16(6)14(4)13(3)15(5)17(19)7/h12,18H,8-11H2,1-7H3/t18-/m1/s1. The van der Waals surface area contributed by atoms with Crippen molar-refractivity contribution in [2.24, 2.45) is 5.92 Å².